The number of benzene rings is 1. The molecule has 2 aromatic rings. The van der Waals surface area contributed by atoms with E-state index in [9.17, 15) is 0 Å². The highest BCUT2D eigenvalue weighted by molar-refractivity contribution is 5.82. The fourth-order valence-electron chi connectivity index (χ4n) is 2.10. The van der Waals surface area contributed by atoms with Crippen LogP contribution < -0.4 is 5.32 Å². The maximum atomic E-state index is 5.87. The molecule has 0 saturated carbocycles. The van der Waals surface area contributed by atoms with E-state index in [1.165, 1.54) is 16.5 Å². The van der Waals surface area contributed by atoms with Gasteiger partial charge in [-0.15, -0.1) is 0 Å². The summed E-state index contributed by atoms with van der Waals surface area (Å²) < 4.78 is 11.0. The van der Waals surface area contributed by atoms with Crippen molar-refractivity contribution in [3.63, 3.8) is 0 Å². The molecule has 98 valence electrons. The molecule has 0 aliphatic carbocycles. The van der Waals surface area contributed by atoms with Gasteiger partial charge >= 0.3 is 0 Å². The quantitative estimate of drug-likeness (QED) is 0.852. The third-order valence-electron chi connectivity index (χ3n) is 3.23. The van der Waals surface area contributed by atoms with Gasteiger partial charge in [0.1, 0.15) is 11.3 Å². The zero-order valence-electron chi connectivity index (χ0n) is 11.4. The highest BCUT2D eigenvalue weighted by Gasteiger charge is 2.10. The Morgan fingerprint density at radius 1 is 1.33 bits per heavy atom. The molecule has 3 heteroatoms. The molecule has 0 spiro atoms. The number of furan rings is 1. The number of hydrogen-bond acceptors (Lipinski definition) is 3. The van der Waals surface area contributed by atoms with Gasteiger partial charge in [0, 0.05) is 12.5 Å². The van der Waals surface area contributed by atoms with Crippen molar-refractivity contribution in [2.45, 2.75) is 26.8 Å². The summed E-state index contributed by atoms with van der Waals surface area (Å²) in [4.78, 5) is 0. The van der Waals surface area contributed by atoms with Crippen molar-refractivity contribution >= 4 is 11.0 Å². The second kappa shape index (κ2) is 6.03. The van der Waals surface area contributed by atoms with Gasteiger partial charge in [0.15, 0.2) is 0 Å². The van der Waals surface area contributed by atoms with Gasteiger partial charge in [0.25, 0.3) is 0 Å². The second-order valence-corrected chi connectivity index (χ2v) is 4.50. The lowest BCUT2D eigenvalue weighted by Gasteiger charge is -2.00. The first-order chi connectivity index (χ1) is 8.76. The fraction of sp³-hybridized carbons (Fsp3) is 0.467. The van der Waals surface area contributed by atoms with Gasteiger partial charge in [-0.3, -0.25) is 0 Å². The number of ether oxygens (including phenoxy) is 1. The summed E-state index contributed by atoms with van der Waals surface area (Å²) in [6, 6.07) is 6.38. The minimum Gasteiger partial charge on any atom is -0.459 e. The van der Waals surface area contributed by atoms with Gasteiger partial charge in [0.05, 0.1) is 13.2 Å². The maximum absolute atomic E-state index is 5.87. The third-order valence-corrected chi connectivity index (χ3v) is 3.23. The van der Waals surface area contributed by atoms with Crippen LogP contribution >= 0.6 is 0 Å². The Hall–Kier alpha value is -1.32. The van der Waals surface area contributed by atoms with Crippen molar-refractivity contribution < 1.29 is 9.15 Å². The van der Waals surface area contributed by atoms with Crippen LogP contribution in [0.5, 0.6) is 0 Å². The first-order valence-corrected chi connectivity index (χ1v) is 6.46. The molecule has 0 bridgehead atoms. The fourth-order valence-corrected chi connectivity index (χ4v) is 2.10. The van der Waals surface area contributed by atoms with Crippen LogP contribution in [0.4, 0.5) is 0 Å². The topological polar surface area (TPSA) is 34.4 Å². The molecule has 0 amide bonds. The molecule has 2 rings (SSSR count). The molecule has 1 N–H and O–H groups in total. The highest BCUT2D eigenvalue weighted by Crippen LogP contribution is 2.26. The van der Waals surface area contributed by atoms with Crippen LogP contribution in [-0.4, -0.2) is 20.3 Å². The van der Waals surface area contributed by atoms with Crippen LogP contribution in [0.1, 0.15) is 23.8 Å². The van der Waals surface area contributed by atoms with Crippen molar-refractivity contribution in [3.05, 3.63) is 35.1 Å². The van der Waals surface area contributed by atoms with E-state index >= 15 is 0 Å². The Morgan fingerprint density at radius 3 is 2.89 bits per heavy atom. The molecule has 0 atom stereocenters. The molecule has 0 unspecified atom stereocenters. The molecule has 1 aromatic carbocycles. The Balaban J connectivity index is 2.28. The van der Waals surface area contributed by atoms with Crippen LogP contribution in [0.2, 0.25) is 0 Å². The number of nitrogens with one attached hydrogen (secondary N) is 1. The Kier molecular flexibility index (Phi) is 4.39. The lowest BCUT2D eigenvalue weighted by atomic mass is 10.1. The van der Waals surface area contributed by atoms with Gasteiger partial charge in [0.2, 0.25) is 0 Å². The van der Waals surface area contributed by atoms with Crippen LogP contribution in [0.25, 0.3) is 11.0 Å². The van der Waals surface area contributed by atoms with E-state index in [0.717, 1.165) is 37.5 Å². The van der Waals surface area contributed by atoms with Gasteiger partial charge in [-0.2, -0.15) is 0 Å². The smallest absolute Gasteiger partial charge is 0.134 e. The minimum atomic E-state index is 0.757. The largest absolute Gasteiger partial charge is 0.459 e. The van der Waals surface area contributed by atoms with E-state index in [0.29, 0.717) is 0 Å². The monoisotopic (exact) mass is 247 g/mol. The van der Waals surface area contributed by atoms with E-state index in [2.05, 4.69) is 37.4 Å². The summed E-state index contributed by atoms with van der Waals surface area (Å²) in [7, 11) is 1.73. The average molecular weight is 247 g/mol. The number of hydrogen-bond donors (Lipinski definition) is 1. The van der Waals surface area contributed by atoms with Crippen molar-refractivity contribution in [2.24, 2.45) is 0 Å². The SMILES string of the molecule is CCNCc1oc2ccc(CCOC)cc2c1C. The van der Waals surface area contributed by atoms with Gasteiger partial charge < -0.3 is 14.5 Å². The normalized spacial score (nSPS) is 11.3. The first kappa shape index (κ1) is 13.1. The summed E-state index contributed by atoms with van der Waals surface area (Å²) in [6.07, 6.45) is 0.944. The molecule has 0 aliphatic rings. The van der Waals surface area contributed by atoms with E-state index in [1.807, 2.05) is 0 Å². The van der Waals surface area contributed by atoms with E-state index in [4.69, 9.17) is 9.15 Å². The molecule has 1 heterocycles. The molecule has 3 nitrogen and oxygen atoms in total. The lowest BCUT2D eigenvalue weighted by molar-refractivity contribution is 0.202. The molecule has 0 fully saturated rings. The average Bonchev–Trinajstić information content (AvgIpc) is 2.71. The molecular weight excluding hydrogens is 226 g/mol. The van der Waals surface area contributed by atoms with Crippen molar-refractivity contribution in [1.29, 1.82) is 0 Å². The lowest BCUT2D eigenvalue weighted by Crippen LogP contribution is -2.11. The predicted molar refractivity (Wildman–Crippen MR) is 73.9 cm³/mol. The number of fused-ring (bicyclic) bond motifs is 1. The summed E-state index contributed by atoms with van der Waals surface area (Å²) in [5.41, 5.74) is 3.51. The molecular formula is C15H21NO2. The molecule has 0 saturated heterocycles. The Bertz CT molecular complexity index is 516. The number of rotatable bonds is 6. The van der Waals surface area contributed by atoms with Gasteiger partial charge in [-0.25, -0.2) is 0 Å². The van der Waals surface area contributed by atoms with Crippen molar-refractivity contribution in [3.8, 4) is 0 Å². The van der Waals surface area contributed by atoms with Crippen LogP contribution in [-0.2, 0) is 17.7 Å². The van der Waals surface area contributed by atoms with E-state index < -0.39 is 0 Å². The van der Waals surface area contributed by atoms with Crippen molar-refractivity contribution in [2.75, 3.05) is 20.3 Å². The highest BCUT2D eigenvalue weighted by atomic mass is 16.5. The Morgan fingerprint density at radius 2 is 2.17 bits per heavy atom. The molecule has 0 radical (unpaired) electrons. The van der Waals surface area contributed by atoms with E-state index in [1.54, 1.807) is 7.11 Å². The van der Waals surface area contributed by atoms with Crippen LogP contribution in [0, 0.1) is 6.92 Å². The molecule has 18 heavy (non-hydrogen) atoms. The van der Waals surface area contributed by atoms with Crippen LogP contribution in [0.15, 0.2) is 22.6 Å². The van der Waals surface area contributed by atoms with E-state index in [-0.39, 0.29) is 0 Å². The third kappa shape index (κ3) is 2.74. The second-order valence-electron chi connectivity index (χ2n) is 4.50. The van der Waals surface area contributed by atoms with Crippen LogP contribution in [0.3, 0.4) is 0 Å². The first-order valence-electron chi connectivity index (χ1n) is 6.46. The number of methoxy groups -OCH3 is 1. The maximum Gasteiger partial charge on any atom is 0.134 e. The number of aryl methyl sites for hydroxylation is 1. The zero-order valence-corrected chi connectivity index (χ0v) is 11.4. The summed E-state index contributed by atoms with van der Waals surface area (Å²) >= 11 is 0. The Labute approximate surface area is 108 Å². The van der Waals surface area contributed by atoms with Crippen molar-refractivity contribution in [1.82, 2.24) is 5.32 Å². The van der Waals surface area contributed by atoms with Gasteiger partial charge in [-0.05, 0) is 43.1 Å². The standard InChI is InChI=1S/C15H21NO2/c1-4-16-10-15-11(2)13-9-12(7-8-17-3)5-6-14(13)18-15/h5-6,9,16H,4,7-8,10H2,1-3H3. The summed E-state index contributed by atoms with van der Waals surface area (Å²) in [6.45, 7) is 6.73. The van der Waals surface area contributed by atoms with Gasteiger partial charge in [-0.1, -0.05) is 13.0 Å². The minimum absolute atomic E-state index is 0.757. The predicted octanol–water partition coefficient (Wildman–Crippen LogP) is 3.04. The summed E-state index contributed by atoms with van der Waals surface area (Å²) in [5.74, 6) is 1.04. The molecule has 1 aromatic heterocycles. The molecule has 0 aliphatic heterocycles. The summed E-state index contributed by atoms with van der Waals surface area (Å²) in [5, 5.41) is 4.52. The zero-order chi connectivity index (χ0) is 13.0.